The fraction of sp³-hybridized carbons (Fsp3) is 0.667. The van der Waals surface area contributed by atoms with Crippen molar-refractivity contribution in [2.24, 2.45) is 4.99 Å². The summed E-state index contributed by atoms with van der Waals surface area (Å²) in [5, 5.41) is 6.58. The zero-order valence-electron chi connectivity index (χ0n) is 16.4. The Labute approximate surface area is 172 Å². The Morgan fingerprint density at radius 3 is 2.64 bits per heavy atom. The highest BCUT2D eigenvalue weighted by molar-refractivity contribution is 7.99. The Morgan fingerprint density at radius 1 is 1.25 bits per heavy atom. The van der Waals surface area contributed by atoms with Gasteiger partial charge in [-0.1, -0.05) is 6.07 Å². The number of sulfonamides is 1. The number of pyridine rings is 1. The molecule has 1 aromatic heterocycles. The van der Waals surface area contributed by atoms with Crippen LogP contribution in [0.1, 0.15) is 12.8 Å². The topological polar surface area (TPSA) is 89.9 Å². The number of hydrogen-bond donors (Lipinski definition) is 2. The van der Waals surface area contributed by atoms with Gasteiger partial charge in [0, 0.05) is 63.5 Å². The first kappa shape index (κ1) is 21.2. The number of nitrogens with one attached hydrogen (secondary N) is 2. The molecule has 10 heteroatoms. The molecule has 0 bridgehead atoms. The molecule has 8 nitrogen and oxygen atoms in total. The van der Waals surface area contributed by atoms with Crippen molar-refractivity contribution in [2.45, 2.75) is 18.9 Å². The number of guanidine groups is 1. The lowest BCUT2D eigenvalue weighted by atomic mass is 10.1. The van der Waals surface area contributed by atoms with E-state index in [0.717, 1.165) is 43.3 Å². The monoisotopic (exact) mass is 426 g/mol. The van der Waals surface area contributed by atoms with Crippen LogP contribution in [0, 0.1) is 0 Å². The molecule has 28 heavy (non-hydrogen) atoms. The maximum atomic E-state index is 12.4. The van der Waals surface area contributed by atoms with Crippen LogP contribution in [-0.4, -0.2) is 86.7 Å². The number of rotatable bonds is 6. The quantitative estimate of drug-likeness (QED) is 0.508. The Hall–Kier alpha value is -1.52. The van der Waals surface area contributed by atoms with E-state index >= 15 is 0 Å². The molecule has 0 amide bonds. The first-order valence-corrected chi connectivity index (χ1v) is 12.5. The van der Waals surface area contributed by atoms with Gasteiger partial charge >= 0.3 is 0 Å². The fourth-order valence-electron chi connectivity index (χ4n) is 3.43. The summed E-state index contributed by atoms with van der Waals surface area (Å²) in [7, 11) is -1.48. The van der Waals surface area contributed by atoms with Crippen molar-refractivity contribution in [1.82, 2.24) is 19.9 Å². The van der Waals surface area contributed by atoms with Crippen molar-refractivity contribution in [3.63, 3.8) is 0 Å². The number of aliphatic imine (C=N–C) groups is 1. The predicted molar refractivity (Wildman–Crippen MR) is 117 cm³/mol. The van der Waals surface area contributed by atoms with Crippen LogP contribution in [0.3, 0.4) is 0 Å². The molecule has 2 aliphatic heterocycles. The van der Waals surface area contributed by atoms with E-state index in [2.05, 4.69) is 25.5 Å². The van der Waals surface area contributed by atoms with Crippen molar-refractivity contribution < 1.29 is 8.42 Å². The molecular formula is C18H30N6O2S2. The van der Waals surface area contributed by atoms with Crippen LogP contribution in [-0.2, 0) is 10.0 Å². The second-order valence-electron chi connectivity index (χ2n) is 6.92. The van der Waals surface area contributed by atoms with Gasteiger partial charge in [-0.15, -0.1) is 0 Å². The average Bonchev–Trinajstić information content (AvgIpc) is 2.74. The summed E-state index contributed by atoms with van der Waals surface area (Å²) in [6, 6.07) is 6.30. The molecule has 0 unspecified atom stereocenters. The largest absolute Gasteiger partial charge is 0.356 e. The van der Waals surface area contributed by atoms with Gasteiger partial charge in [0.2, 0.25) is 10.0 Å². The highest BCUT2D eigenvalue weighted by atomic mass is 32.2. The van der Waals surface area contributed by atoms with Gasteiger partial charge in [-0.05, 0) is 25.0 Å². The van der Waals surface area contributed by atoms with Crippen LogP contribution in [0.25, 0.3) is 0 Å². The Balaban J connectivity index is 1.40. The molecular weight excluding hydrogens is 396 g/mol. The molecule has 1 aromatic rings. The van der Waals surface area contributed by atoms with Crippen LogP contribution >= 0.6 is 11.8 Å². The number of anilines is 1. The molecule has 2 fully saturated rings. The van der Waals surface area contributed by atoms with Crippen LogP contribution in [0.5, 0.6) is 0 Å². The van der Waals surface area contributed by atoms with E-state index < -0.39 is 10.0 Å². The Morgan fingerprint density at radius 2 is 2.00 bits per heavy atom. The third-order valence-electron chi connectivity index (χ3n) is 5.05. The molecule has 0 radical (unpaired) electrons. The highest BCUT2D eigenvalue weighted by Gasteiger charge is 2.24. The summed E-state index contributed by atoms with van der Waals surface area (Å²) in [5.41, 5.74) is 0. The zero-order chi connectivity index (χ0) is 19.8. The smallest absolute Gasteiger partial charge is 0.215 e. The van der Waals surface area contributed by atoms with E-state index in [1.165, 1.54) is 0 Å². The van der Waals surface area contributed by atoms with Gasteiger partial charge in [0.15, 0.2) is 5.96 Å². The molecule has 156 valence electrons. The molecule has 0 aliphatic carbocycles. The summed E-state index contributed by atoms with van der Waals surface area (Å²) in [6.45, 7) is 3.47. The van der Waals surface area contributed by atoms with Crippen molar-refractivity contribution in [2.75, 3.05) is 61.9 Å². The Bertz CT molecular complexity index is 730. The van der Waals surface area contributed by atoms with E-state index in [1.54, 1.807) is 11.4 Å². The molecule has 0 atom stereocenters. The van der Waals surface area contributed by atoms with Crippen molar-refractivity contribution in [1.29, 1.82) is 0 Å². The maximum Gasteiger partial charge on any atom is 0.215 e. The van der Waals surface area contributed by atoms with E-state index in [9.17, 15) is 8.42 Å². The van der Waals surface area contributed by atoms with Crippen LogP contribution < -0.4 is 15.5 Å². The molecule has 0 saturated carbocycles. The third-order valence-corrected chi connectivity index (χ3v) is 7.86. The standard InChI is InChI=1S/C18H30N6O2S2/c1-19-18(21-8-15-28(25,26)24-11-13-27-14-12-24)22-16-5-9-23(10-6-16)17-4-2-3-7-20-17/h2-4,7,16H,5-6,8-15H2,1H3,(H2,19,21,22). The minimum absolute atomic E-state index is 0.0937. The normalized spacial score (nSPS) is 20.2. The van der Waals surface area contributed by atoms with Gasteiger partial charge in [-0.3, -0.25) is 4.99 Å². The van der Waals surface area contributed by atoms with E-state index in [0.29, 0.717) is 31.6 Å². The molecule has 2 aliphatic rings. The van der Waals surface area contributed by atoms with Crippen LogP contribution in [0.2, 0.25) is 0 Å². The molecule has 2 N–H and O–H groups in total. The van der Waals surface area contributed by atoms with Gasteiger partial charge < -0.3 is 15.5 Å². The first-order chi connectivity index (χ1) is 13.6. The van der Waals surface area contributed by atoms with Crippen LogP contribution in [0.4, 0.5) is 5.82 Å². The molecule has 3 heterocycles. The van der Waals surface area contributed by atoms with Crippen molar-refractivity contribution in [3.05, 3.63) is 24.4 Å². The SMILES string of the molecule is CN=C(NCCS(=O)(=O)N1CCSCC1)NC1CCN(c2ccccn2)CC1. The van der Waals surface area contributed by atoms with Gasteiger partial charge in [0.1, 0.15) is 5.82 Å². The summed E-state index contributed by atoms with van der Waals surface area (Å²) >= 11 is 1.81. The summed E-state index contributed by atoms with van der Waals surface area (Å²) in [6.07, 6.45) is 3.80. The number of hydrogen-bond acceptors (Lipinski definition) is 6. The zero-order valence-corrected chi connectivity index (χ0v) is 18.0. The summed E-state index contributed by atoms with van der Waals surface area (Å²) < 4.78 is 26.4. The predicted octanol–water partition coefficient (Wildman–Crippen LogP) is 0.594. The minimum atomic E-state index is -3.20. The van der Waals surface area contributed by atoms with Gasteiger partial charge in [0.25, 0.3) is 0 Å². The van der Waals surface area contributed by atoms with Gasteiger partial charge in [-0.2, -0.15) is 11.8 Å². The molecule has 3 rings (SSSR count). The maximum absolute atomic E-state index is 12.4. The van der Waals surface area contributed by atoms with E-state index in [4.69, 9.17) is 0 Å². The molecule has 0 spiro atoms. The number of aromatic nitrogens is 1. The lowest BCUT2D eigenvalue weighted by molar-refractivity contribution is 0.442. The third kappa shape index (κ3) is 5.99. The minimum Gasteiger partial charge on any atom is -0.356 e. The number of thioether (sulfide) groups is 1. The fourth-order valence-corrected chi connectivity index (χ4v) is 5.93. The Kier molecular flexibility index (Phi) is 7.81. The van der Waals surface area contributed by atoms with E-state index in [-0.39, 0.29) is 5.75 Å². The average molecular weight is 427 g/mol. The van der Waals surface area contributed by atoms with Crippen molar-refractivity contribution >= 4 is 33.6 Å². The van der Waals surface area contributed by atoms with E-state index in [1.807, 2.05) is 36.2 Å². The number of piperidine rings is 1. The second-order valence-corrected chi connectivity index (χ2v) is 10.2. The van der Waals surface area contributed by atoms with Gasteiger partial charge in [0.05, 0.1) is 5.75 Å². The second kappa shape index (κ2) is 10.3. The number of nitrogens with zero attached hydrogens (tertiary/aromatic N) is 4. The first-order valence-electron chi connectivity index (χ1n) is 9.77. The molecule has 0 aromatic carbocycles. The molecule has 2 saturated heterocycles. The lowest BCUT2D eigenvalue weighted by Crippen LogP contribution is -2.50. The summed E-state index contributed by atoms with van der Waals surface area (Å²) in [5.74, 6) is 3.54. The van der Waals surface area contributed by atoms with Crippen LogP contribution in [0.15, 0.2) is 29.4 Å². The van der Waals surface area contributed by atoms with Crippen molar-refractivity contribution in [3.8, 4) is 0 Å². The summed E-state index contributed by atoms with van der Waals surface area (Å²) in [4.78, 5) is 11.0. The highest BCUT2D eigenvalue weighted by Crippen LogP contribution is 2.17. The lowest BCUT2D eigenvalue weighted by Gasteiger charge is -2.33. The van der Waals surface area contributed by atoms with Gasteiger partial charge in [-0.25, -0.2) is 17.7 Å².